The minimum atomic E-state index is -0.701. The molecule has 4 atom stereocenters. The van der Waals surface area contributed by atoms with Crippen molar-refractivity contribution in [1.82, 2.24) is 50.3 Å². The first-order chi connectivity index (χ1) is 26.9. The van der Waals surface area contributed by atoms with Gasteiger partial charge < -0.3 is 39.9 Å². The van der Waals surface area contributed by atoms with Crippen molar-refractivity contribution in [2.75, 3.05) is 27.3 Å². The Bertz CT molecular complexity index is 2180. The second-order valence-electron chi connectivity index (χ2n) is 14.7. The third-order valence-electron chi connectivity index (χ3n) is 10.3. The molecule has 2 saturated heterocycles. The van der Waals surface area contributed by atoms with Crippen molar-refractivity contribution in [2.45, 2.75) is 77.5 Å². The van der Waals surface area contributed by atoms with Crippen LogP contribution in [-0.4, -0.2) is 103 Å². The maximum absolute atomic E-state index is 13.5. The van der Waals surface area contributed by atoms with E-state index >= 15 is 0 Å². The highest BCUT2D eigenvalue weighted by molar-refractivity contribution is 7.29. The van der Waals surface area contributed by atoms with Gasteiger partial charge in [0.2, 0.25) is 11.8 Å². The number of thiazole rings is 2. The minimum Gasteiger partial charge on any atom is -0.453 e. The molecule has 4 amide bonds. The summed E-state index contributed by atoms with van der Waals surface area (Å²) in [5.74, 6) is 0.867. The number of likely N-dealkylation sites (tertiary alicyclic amines) is 2. The van der Waals surface area contributed by atoms with Crippen LogP contribution in [0.2, 0.25) is 0 Å². The van der Waals surface area contributed by atoms with Gasteiger partial charge in [0.25, 0.3) is 0 Å². The molecule has 296 valence electrons. The quantitative estimate of drug-likeness (QED) is 0.118. The Morgan fingerprint density at radius 2 is 1.14 bits per heavy atom. The zero-order valence-electron chi connectivity index (χ0n) is 32.1. The number of nitrogens with one attached hydrogen (secondary N) is 4. The highest BCUT2D eigenvalue weighted by atomic mass is 32.1. The van der Waals surface area contributed by atoms with Crippen LogP contribution >= 0.6 is 22.7 Å². The third-order valence-corrected chi connectivity index (χ3v) is 12.4. The first kappa shape index (κ1) is 38.9. The zero-order chi connectivity index (χ0) is 39.7. The van der Waals surface area contributed by atoms with E-state index in [2.05, 4.69) is 30.6 Å². The fraction of sp³-hybridized carbons (Fsp3) is 0.474. The summed E-state index contributed by atoms with van der Waals surface area (Å²) >= 11 is 2.99. The number of ether oxygens (including phenoxy) is 2. The average Bonchev–Trinajstić information content (AvgIpc) is 4.04. The first-order valence-corrected chi connectivity index (χ1v) is 20.4. The fourth-order valence-electron chi connectivity index (χ4n) is 7.33. The molecule has 2 aliphatic heterocycles. The second-order valence-corrected chi connectivity index (χ2v) is 16.6. The van der Waals surface area contributed by atoms with Gasteiger partial charge in [-0.05, 0) is 43.1 Å². The number of carbonyl (C=O) groups is 4. The molecule has 0 aliphatic carbocycles. The Labute approximate surface area is 331 Å². The lowest BCUT2D eigenvalue weighted by Crippen LogP contribution is -2.51. The molecule has 6 heterocycles. The summed E-state index contributed by atoms with van der Waals surface area (Å²) in [6.07, 6.45) is 5.48. The highest BCUT2D eigenvalue weighted by Crippen LogP contribution is 2.39. The lowest BCUT2D eigenvalue weighted by atomic mass is 10.0. The number of aromatic nitrogens is 6. The summed E-state index contributed by atoms with van der Waals surface area (Å²) in [5, 5.41) is 6.99. The van der Waals surface area contributed by atoms with Gasteiger partial charge in [0, 0.05) is 18.7 Å². The molecule has 5 aromatic rings. The number of amides is 4. The summed E-state index contributed by atoms with van der Waals surface area (Å²) in [5.41, 5.74) is 3.51. The molecule has 0 saturated carbocycles. The van der Waals surface area contributed by atoms with E-state index in [1.54, 1.807) is 22.2 Å². The summed E-state index contributed by atoms with van der Waals surface area (Å²) in [6.45, 7) is 8.74. The highest BCUT2D eigenvalue weighted by Gasteiger charge is 2.39. The number of H-pyrrole nitrogens is 2. The smallest absolute Gasteiger partial charge is 0.407 e. The molecule has 0 bridgehead atoms. The number of imidazole rings is 2. The molecule has 0 spiro atoms. The predicted molar refractivity (Wildman–Crippen MR) is 212 cm³/mol. The molecule has 56 heavy (non-hydrogen) atoms. The Hall–Kier alpha value is -5.36. The van der Waals surface area contributed by atoms with Crippen molar-refractivity contribution < 1.29 is 28.7 Å². The average molecular weight is 803 g/mol. The van der Waals surface area contributed by atoms with E-state index in [4.69, 9.17) is 19.4 Å². The summed E-state index contributed by atoms with van der Waals surface area (Å²) in [6, 6.07) is 6.24. The van der Waals surface area contributed by atoms with Crippen molar-refractivity contribution in [3.05, 3.63) is 48.3 Å². The number of nitrogens with zero attached hydrogens (tertiary/aromatic N) is 6. The zero-order valence-corrected chi connectivity index (χ0v) is 33.8. The Balaban J connectivity index is 1.02. The molecule has 16 nitrogen and oxygen atoms in total. The Morgan fingerprint density at radius 3 is 1.64 bits per heavy atom. The van der Waals surface area contributed by atoms with Crippen LogP contribution < -0.4 is 10.6 Å². The van der Waals surface area contributed by atoms with Crippen molar-refractivity contribution >= 4 is 56.3 Å². The van der Waals surface area contributed by atoms with Crippen LogP contribution in [0.25, 0.3) is 42.2 Å². The van der Waals surface area contributed by atoms with Gasteiger partial charge in [-0.15, -0.1) is 0 Å². The SMILES string of the molecule is COC(=O)N[C@H](C(=O)N1CCCC1c1ncc(-c2nc3sc(-c4ccc(-c5cnc([C@@H]6CCCN6C(=O)[C@@H](NC(=O)OC)C(C)C)[nH]5)cc4)nc3s2)[nH]1)C(C)C. The first-order valence-electron chi connectivity index (χ1n) is 18.7. The van der Waals surface area contributed by atoms with E-state index in [1.807, 2.05) is 52.0 Å². The topological polar surface area (TPSA) is 200 Å². The van der Waals surface area contributed by atoms with Crippen LogP contribution in [0.15, 0.2) is 36.7 Å². The van der Waals surface area contributed by atoms with Gasteiger partial charge in [0.15, 0.2) is 9.66 Å². The Morgan fingerprint density at radius 1 is 0.696 bits per heavy atom. The monoisotopic (exact) mass is 802 g/mol. The number of fused-ring (bicyclic) bond motifs is 1. The van der Waals surface area contributed by atoms with Crippen molar-refractivity contribution in [2.24, 2.45) is 11.8 Å². The van der Waals surface area contributed by atoms with E-state index in [0.29, 0.717) is 24.7 Å². The maximum atomic E-state index is 13.5. The number of carbonyl (C=O) groups excluding carboxylic acids is 4. The number of rotatable bonds is 11. The molecule has 4 N–H and O–H groups in total. The molecule has 4 aromatic heterocycles. The normalized spacial score (nSPS) is 18.1. The van der Waals surface area contributed by atoms with Crippen LogP contribution in [0.3, 0.4) is 0 Å². The number of aromatic amines is 2. The van der Waals surface area contributed by atoms with Gasteiger partial charge in [-0.2, -0.15) is 0 Å². The van der Waals surface area contributed by atoms with E-state index < -0.39 is 24.3 Å². The van der Waals surface area contributed by atoms with Crippen LogP contribution in [0, 0.1) is 11.8 Å². The molecule has 18 heteroatoms. The molecular weight excluding hydrogens is 757 g/mol. The van der Waals surface area contributed by atoms with Crippen molar-refractivity contribution in [3.8, 4) is 32.5 Å². The van der Waals surface area contributed by atoms with Gasteiger partial charge >= 0.3 is 12.2 Å². The van der Waals surface area contributed by atoms with Crippen LogP contribution in [0.5, 0.6) is 0 Å². The van der Waals surface area contributed by atoms with E-state index in [1.165, 1.54) is 36.9 Å². The lowest BCUT2D eigenvalue weighted by Gasteiger charge is -2.30. The van der Waals surface area contributed by atoms with E-state index in [-0.39, 0.29) is 35.7 Å². The van der Waals surface area contributed by atoms with E-state index in [0.717, 1.165) is 67.9 Å². The van der Waals surface area contributed by atoms with Crippen molar-refractivity contribution in [3.63, 3.8) is 0 Å². The van der Waals surface area contributed by atoms with Gasteiger partial charge in [-0.3, -0.25) is 9.59 Å². The number of methoxy groups -OCH3 is 2. The molecule has 1 aromatic carbocycles. The molecule has 7 rings (SSSR count). The fourth-order valence-corrected chi connectivity index (χ4v) is 9.34. The minimum absolute atomic E-state index is 0.110. The number of alkyl carbamates (subject to hydrolysis) is 2. The van der Waals surface area contributed by atoms with Crippen LogP contribution in [-0.2, 0) is 19.1 Å². The van der Waals surface area contributed by atoms with Gasteiger partial charge in [0.1, 0.15) is 33.7 Å². The maximum Gasteiger partial charge on any atom is 0.407 e. The summed E-state index contributed by atoms with van der Waals surface area (Å²) in [7, 11) is 2.57. The second kappa shape index (κ2) is 16.4. The molecule has 1 unspecified atom stereocenters. The molecule has 0 radical (unpaired) electrons. The van der Waals surface area contributed by atoms with Crippen LogP contribution in [0.1, 0.15) is 77.1 Å². The lowest BCUT2D eigenvalue weighted by molar-refractivity contribution is -0.136. The van der Waals surface area contributed by atoms with Gasteiger partial charge in [-0.1, -0.05) is 74.6 Å². The standard InChI is InChI=1S/C38H46N10O6S2/c1-19(2)27(43-37(51)53-5)35(49)47-15-7-9-25(47)29-39-17-23(41-29)21-11-13-22(14-12-21)31-45-33-34(55-31)46-32(56-33)24-18-40-30(42-24)26-10-8-16-48(26)36(50)28(20(3)4)44-38(52)54-6/h11-14,17-20,25-28H,7-10,15-16H2,1-6H3,(H,39,41)(H,40,42)(H,43,51)(H,44,52)/t25-,26?,27-,28-/m0/s1. The molecule has 2 aliphatic rings. The van der Waals surface area contributed by atoms with Crippen LogP contribution in [0.4, 0.5) is 9.59 Å². The number of hydrogen-bond donors (Lipinski definition) is 4. The number of benzene rings is 1. The number of hydrogen-bond acceptors (Lipinski definition) is 12. The Kier molecular flexibility index (Phi) is 11.4. The molecular formula is C38H46N10O6S2. The van der Waals surface area contributed by atoms with Gasteiger partial charge in [0.05, 0.1) is 50.1 Å². The third kappa shape index (κ3) is 7.84. The van der Waals surface area contributed by atoms with Gasteiger partial charge in [-0.25, -0.2) is 29.5 Å². The largest absolute Gasteiger partial charge is 0.453 e. The summed E-state index contributed by atoms with van der Waals surface area (Å²) in [4.78, 5) is 82.1. The van der Waals surface area contributed by atoms with E-state index in [9.17, 15) is 19.2 Å². The summed E-state index contributed by atoms with van der Waals surface area (Å²) < 4.78 is 9.50. The van der Waals surface area contributed by atoms with Crippen molar-refractivity contribution in [1.29, 1.82) is 0 Å². The predicted octanol–water partition coefficient (Wildman–Crippen LogP) is 6.29. The molecule has 2 fully saturated rings.